The maximum atomic E-state index is 11.9. The van der Waals surface area contributed by atoms with Crippen molar-refractivity contribution in [3.63, 3.8) is 0 Å². The van der Waals surface area contributed by atoms with Gasteiger partial charge in [-0.2, -0.15) is 4.99 Å². The van der Waals surface area contributed by atoms with E-state index in [0.29, 0.717) is 18.0 Å². The van der Waals surface area contributed by atoms with Crippen molar-refractivity contribution in [2.75, 3.05) is 11.1 Å². The first-order valence-corrected chi connectivity index (χ1v) is 13.0. The molecule has 4 aromatic rings. The molecular weight excluding hydrogens is 537 g/mol. The molecule has 206 valence electrons. The van der Waals surface area contributed by atoms with Gasteiger partial charge < -0.3 is 11.1 Å². The number of thiocarbonyl (C=S) groups is 2. The third kappa shape index (κ3) is 13.9. The largest absolute Gasteiger partial charge is 0.399 e. The van der Waals surface area contributed by atoms with Crippen LogP contribution in [-0.4, -0.2) is 22.1 Å². The van der Waals surface area contributed by atoms with Crippen molar-refractivity contribution >= 4 is 57.9 Å². The molecule has 0 saturated carbocycles. The van der Waals surface area contributed by atoms with Crippen LogP contribution in [0.4, 0.5) is 11.4 Å². The average Bonchev–Trinajstić information content (AvgIpc) is 2.98. The summed E-state index contributed by atoms with van der Waals surface area (Å²) in [5.41, 5.74) is 10.6. The molecule has 4 aromatic carbocycles. The van der Waals surface area contributed by atoms with Gasteiger partial charge in [0.15, 0.2) is 5.11 Å². The van der Waals surface area contributed by atoms with E-state index in [9.17, 15) is 9.59 Å². The molecule has 0 saturated heterocycles. The fraction of sp³-hybridized carbons (Fsp3) is 0.125. The summed E-state index contributed by atoms with van der Waals surface area (Å²) in [4.78, 5) is 26.1. The molecule has 0 radical (unpaired) electrons. The zero-order valence-corrected chi connectivity index (χ0v) is 24.4. The van der Waals surface area contributed by atoms with E-state index in [-0.39, 0.29) is 16.9 Å². The van der Waals surface area contributed by atoms with Crippen LogP contribution in [0.3, 0.4) is 0 Å². The predicted octanol–water partition coefficient (Wildman–Crippen LogP) is 7.65. The SMILES string of the molecule is Cc1ccc(N)cc1.Cc1ccc(NC(=S)NC(=O)c2ccccc2)cc1.O=C(N=C=S)c1ccccc1.[2H]CC. The summed E-state index contributed by atoms with van der Waals surface area (Å²) in [6.07, 6.45) is 0. The molecule has 2 amide bonds. The number of amides is 2. The molecule has 0 fully saturated rings. The van der Waals surface area contributed by atoms with E-state index >= 15 is 0 Å². The Morgan fingerprint density at radius 2 is 1.25 bits per heavy atom. The van der Waals surface area contributed by atoms with Gasteiger partial charge in [-0.25, -0.2) is 0 Å². The number of nitrogen functional groups attached to an aromatic ring is 1. The molecule has 0 heterocycles. The van der Waals surface area contributed by atoms with Crippen LogP contribution in [0.1, 0.15) is 47.0 Å². The quantitative estimate of drug-likeness (QED) is 0.133. The normalized spacial score (nSPS) is 9.22. The molecule has 4 rings (SSSR count). The molecule has 4 N–H and O–H groups in total. The maximum Gasteiger partial charge on any atom is 0.285 e. The van der Waals surface area contributed by atoms with Gasteiger partial charge in [-0.15, -0.1) is 0 Å². The second-order valence-corrected chi connectivity index (χ2v) is 8.52. The van der Waals surface area contributed by atoms with Gasteiger partial charge in [0, 0.05) is 23.9 Å². The molecule has 0 aromatic heterocycles. The first-order valence-electron chi connectivity index (χ1n) is 12.9. The minimum atomic E-state index is -0.347. The molecule has 40 heavy (non-hydrogen) atoms. The van der Waals surface area contributed by atoms with Gasteiger partial charge in [0.1, 0.15) is 0 Å². The minimum absolute atomic E-state index is 0.217. The van der Waals surface area contributed by atoms with E-state index in [2.05, 4.69) is 27.8 Å². The second kappa shape index (κ2) is 19.6. The fourth-order valence-electron chi connectivity index (χ4n) is 2.82. The van der Waals surface area contributed by atoms with E-state index in [0.717, 1.165) is 11.4 Å². The zero-order chi connectivity index (χ0) is 30.5. The smallest absolute Gasteiger partial charge is 0.285 e. The highest BCUT2D eigenvalue weighted by molar-refractivity contribution is 7.80. The Hall–Kier alpha value is -4.49. The molecule has 0 aliphatic heterocycles. The first kappa shape index (κ1) is 31.7. The lowest BCUT2D eigenvalue weighted by molar-refractivity contribution is 0.0975. The number of nitrogens with one attached hydrogen (secondary N) is 2. The number of nitrogens with two attached hydrogens (primary N) is 1. The summed E-state index contributed by atoms with van der Waals surface area (Å²) in [5.74, 6) is -0.564. The van der Waals surface area contributed by atoms with Crippen LogP contribution in [0, 0.1) is 13.8 Å². The van der Waals surface area contributed by atoms with Crippen LogP contribution in [-0.2, 0) is 0 Å². The van der Waals surface area contributed by atoms with Crippen molar-refractivity contribution in [3.05, 3.63) is 131 Å². The first-order chi connectivity index (χ1) is 19.7. The monoisotopic (exact) mass is 571 g/mol. The van der Waals surface area contributed by atoms with E-state index in [1.165, 1.54) is 11.1 Å². The van der Waals surface area contributed by atoms with Gasteiger partial charge in [0.05, 0.1) is 5.16 Å². The third-order valence-corrected chi connectivity index (χ3v) is 5.11. The summed E-state index contributed by atoms with van der Waals surface area (Å²) in [7, 11) is 0. The highest BCUT2D eigenvalue weighted by atomic mass is 32.1. The fourth-order valence-corrected chi connectivity index (χ4v) is 3.11. The number of isothiocyanates is 1. The molecule has 8 heteroatoms. The number of hydrogen-bond donors (Lipinski definition) is 3. The van der Waals surface area contributed by atoms with Crippen molar-refractivity contribution in [1.29, 1.82) is 0 Å². The molecule has 0 atom stereocenters. The van der Waals surface area contributed by atoms with Gasteiger partial charge in [-0.1, -0.05) is 85.6 Å². The standard InChI is InChI=1S/C15H14N2OS.C8H5NOS.C7H9N.C2H6/c1-11-7-9-13(10-8-11)16-15(19)17-14(18)12-5-3-2-4-6-12;10-8(9-6-11)7-4-2-1-3-5-7;1-6-2-4-7(8)5-3-6;1-2/h2-10H,1H3,(H2,16,17,18,19);1-5H;2-5H,8H2,1H3;1-2H3/i;;;1D. The number of aliphatic imine (C=N–C) groups is 1. The Kier molecular flexibility index (Phi) is 15.5. The Morgan fingerprint density at radius 1 is 0.800 bits per heavy atom. The lowest BCUT2D eigenvalue weighted by Crippen LogP contribution is -2.34. The van der Waals surface area contributed by atoms with Gasteiger partial charge in [-0.3, -0.25) is 14.9 Å². The van der Waals surface area contributed by atoms with E-state index < -0.39 is 0 Å². The highest BCUT2D eigenvalue weighted by Crippen LogP contribution is 2.08. The zero-order valence-electron chi connectivity index (χ0n) is 23.8. The van der Waals surface area contributed by atoms with Crippen LogP contribution < -0.4 is 16.4 Å². The van der Waals surface area contributed by atoms with Crippen LogP contribution in [0.5, 0.6) is 0 Å². The summed E-state index contributed by atoms with van der Waals surface area (Å²) >= 11 is 9.39. The second-order valence-electron chi connectivity index (χ2n) is 7.93. The van der Waals surface area contributed by atoms with Gasteiger partial charge >= 0.3 is 0 Å². The van der Waals surface area contributed by atoms with Gasteiger partial charge in [-0.05, 0) is 86.8 Å². The highest BCUT2D eigenvalue weighted by Gasteiger charge is 2.06. The number of aryl methyl sites for hydroxylation is 2. The Bertz CT molecular complexity index is 1370. The number of anilines is 2. The summed E-state index contributed by atoms with van der Waals surface area (Å²) in [6, 6.07) is 33.3. The number of rotatable bonds is 3. The van der Waals surface area contributed by atoms with Crippen LogP contribution in [0.2, 0.25) is 0 Å². The molecular formula is C32H34N4O2S2. The molecule has 6 nitrogen and oxygen atoms in total. The Morgan fingerprint density at radius 3 is 1.70 bits per heavy atom. The van der Waals surface area contributed by atoms with E-state index in [1.807, 2.05) is 91.8 Å². The molecule has 0 spiro atoms. The lowest BCUT2D eigenvalue weighted by Gasteiger charge is -2.09. The number of benzene rings is 4. The summed E-state index contributed by atoms with van der Waals surface area (Å²) in [6.45, 7) is 6.35. The maximum absolute atomic E-state index is 11.9. The third-order valence-electron chi connectivity index (χ3n) is 4.82. The number of nitrogens with zero attached hydrogens (tertiary/aromatic N) is 1. The van der Waals surface area contributed by atoms with Crippen LogP contribution >= 0.6 is 24.4 Å². The Balaban J connectivity index is 0.000000322. The van der Waals surface area contributed by atoms with Crippen molar-refractivity contribution in [2.24, 2.45) is 4.99 Å². The topological polar surface area (TPSA) is 96.6 Å². The van der Waals surface area contributed by atoms with Crippen molar-refractivity contribution in [1.82, 2.24) is 5.32 Å². The van der Waals surface area contributed by atoms with Gasteiger partial charge in [0.2, 0.25) is 0 Å². The van der Waals surface area contributed by atoms with Crippen molar-refractivity contribution < 1.29 is 11.0 Å². The number of hydrogen-bond acceptors (Lipinski definition) is 5. The molecule has 0 bridgehead atoms. The lowest BCUT2D eigenvalue weighted by atomic mass is 10.2. The number of carbonyl (C=O) groups is 2. The molecule has 0 unspecified atom stereocenters. The van der Waals surface area contributed by atoms with Crippen molar-refractivity contribution in [3.8, 4) is 0 Å². The van der Waals surface area contributed by atoms with Crippen LogP contribution in [0.15, 0.2) is 114 Å². The molecule has 0 aliphatic carbocycles. The Labute approximate surface area is 248 Å². The molecule has 0 aliphatic rings. The van der Waals surface area contributed by atoms with Crippen LogP contribution in [0.25, 0.3) is 0 Å². The van der Waals surface area contributed by atoms with Gasteiger partial charge in [0.25, 0.3) is 11.8 Å². The minimum Gasteiger partial charge on any atom is -0.399 e. The predicted molar refractivity (Wildman–Crippen MR) is 174 cm³/mol. The number of carbonyl (C=O) groups excluding carboxylic acids is 2. The average molecular weight is 572 g/mol. The van der Waals surface area contributed by atoms with E-state index in [4.69, 9.17) is 19.3 Å². The van der Waals surface area contributed by atoms with E-state index in [1.54, 1.807) is 43.3 Å². The summed E-state index contributed by atoms with van der Waals surface area (Å²) in [5, 5.41) is 7.92. The van der Waals surface area contributed by atoms with Crippen molar-refractivity contribution in [2.45, 2.75) is 27.7 Å². The summed E-state index contributed by atoms with van der Waals surface area (Å²) < 4.78 is 6.21.